The second-order valence-corrected chi connectivity index (χ2v) is 6.73. The largest absolute Gasteiger partial charge is 0.369 e. The van der Waals surface area contributed by atoms with Crippen LogP contribution in [0.15, 0.2) is 24.3 Å². The van der Waals surface area contributed by atoms with Gasteiger partial charge in [-0.15, -0.1) is 0 Å². The summed E-state index contributed by atoms with van der Waals surface area (Å²) in [5.41, 5.74) is 7.04. The number of hydrogen-bond acceptors (Lipinski definition) is 5. The van der Waals surface area contributed by atoms with Gasteiger partial charge in [0, 0.05) is 25.3 Å². The number of sulfone groups is 1. The maximum Gasteiger partial charge on any atom is 0.157 e. The molecule has 1 heterocycles. The molecule has 1 atom stereocenters. The molecule has 0 spiro atoms. The third-order valence-electron chi connectivity index (χ3n) is 3.20. The highest BCUT2D eigenvalue weighted by Crippen LogP contribution is 2.20. The van der Waals surface area contributed by atoms with Crippen LogP contribution in [0.3, 0.4) is 0 Å². The third-order valence-corrected chi connectivity index (χ3v) is 5.31. The van der Waals surface area contributed by atoms with E-state index in [0.717, 1.165) is 5.69 Å². The zero-order chi connectivity index (χ0) is 13.2. The van der Waals surface area contributed by atoms with Gasteiger partial charge in [-0.2, -0.15) is 5.26 Å². The van der Waals surface area contributed by atoms with Crippen LogP contribution in [0.5, 0.6) is 0 Å². The van der Waals surface area contributed by atoms with Crippen molar-refractivity contribution in [3.05, 3.63) is 29.8 Å². The van der Waals surface area contributed by atoms with Gasteiger partial charge in [0.15, 0.2) is 9.84 Å². The zero-order valence-electron chi connectivity index (χ0n) is 9.91. The van der Waals surface area contributed by atoms with Gasteiger partial charge in [-0.25, -0.2) is 8.42 Å². The van der Waals surface area contributed by atoms with Gasteiger partial charge in [0.25, 0.3) is 0 Å². The number of nitriles is 1. The lowest BCUT2D eigenvalue weighted by atomic mass is 10.2. The summed E-state index contributed by atoms with van der Waals surface area (Å²) < 4.78 is 23.5. The number of benzene rings is 1. The van der Waals surface area contributed by atoms with Crippen LogP contribution in [0.4, 0.5) is 5.69 Å². The van der Waals surface area contributed by atoms with Crippen molar-refractivity contribution < 1.29 is 8.42 Å². The minimum Gasteiger partial charge on any atom is -0.369 e. The van der Waals surface area contributed by atoms with Crippen molar-refractivity contribution >= 4 is 15.5 Å². The Kier molecular flexibility index (Phi) is 3.55. The predicted octanol–water partition coefficient (Wildman–Crippen LogP) is 0.120. The van der Waals surface area contributed by atoms with Gasteiger partial charge >= 0.3 is 0 Å². The van der Waals surface area contributed by atoms with E-state index in [9.17, 15) is 8.42 Å². The van der Waals surface area contributed by atoms with Crippen molar-refractivity contribution in [1.82, 2.24) is 0 Å². The summed E-state index contributed by atoms with van der Waals surface area (Å²) in [6, 6.07) is 9.19. The summed E-state index contributed by atoms with van der Waals surface area (Å²) in [5, 5.41) is 8.23. The molecule has 0 radical (unpaired) electrons. The number of hydrogen-bond donors (Lipinski definition) is 1. The Balaban J connectivity index is 2.18. The Morgan fingerprint density at radius 3 is 2.61 bits per heavy atom. The van der Waals surface area contributed by atoms with Crippen molar-refractivity contribution in [3.63, 3.8) is 0 Å². The molecule has 0 aromatic heterocycles. The molecule has 5 nitrogen and oxygen atoms in total. The monoisotopic (exact) mass is 265 g/mol. The van der Waals surface area contributed by atoms with E-state index in [1.165, 1.54) is 0 Å². The molecule has 0 saturated carbocycles. The molecule has 1 unspecified atom stereocenters. The normalized spacial score (nSPS) is 22.4. The van der Waals surface area contributed by atoms with Crippen LogP contribution in [-0.4, -0.2) is 39.1 Å². The number of anilines is 1. The summed E-state index contributed by atoms with van der Waals surface area (Å²) >= 11 is 0. The second kappa shape index (κ2) is 4.96. The molecule has 1 saturated heterocycles. The van der Waals surface area contributed by atoms with Crippen LogP contribution in [-0.2, 0) is 9.84 Å². The molecule has 18 heavy (non-hydrogen) atoms. The van der Waals surface area contributed by atoms with Gasteiger partial charge in [-0.05, 0) is 24.3 Å². The third kappa shape index (κ3) is 2.47. The van der Waals surface area contributed by atoms with Gasteiger partial charge in [0.05, 0.1) is 22.6 Å². The van der Waals surface area contributed by atoms with E-state index in [0.29, 0.717) is 18.7 Å². The first-order valence-electron chi connectivity index (χ1n) is 5.73. The fourth-order valence-corrected chi connectivity index (χ4v) is 3.57. The number of rotatable bonds is 2. The van der Waals surface area contributed by atoms with Crippen molar-refractivity contribution in [3.8, 4) is 6.07 Å². The Bertz CT molecular complexity index is 560. The number of nitrogens with two attached hydrogens (primary N) is 1. The van der Waals surface area contributed by atoms with Gasteiger partial charge in [-0.1, -0.05) is 0 Å². The van der Waals surface area contributed by atoms with Gasteiger partial charge < -0.3 is 10.6 Å². The maximum absolute atomic E-state index is 11.7. The minimum atomic E-state index is -3.05. The maximum atomic E-state index is 11.7. The molecule has 0 amide bonds. The fourth-order valence-electron chi connectivity index (χ4n) is 2.06. The summed E-state index contributed by atoms with van der Waals surface area (Å²) in [6.45, 7) is 1.05. The van der Waals surface area contributed by atoms with E-state index in [2.05, 4.69) is 6.07 Å². The van der Waals surface area contributed by atoms with Crippen molar-refractivity contribution in [2.75, 3.05) is 30.3 Å². The Morgan fingerprint density at radius 2 is 2.06 bits per heavy atom. The lowest BCUT2D eigenvalue weighted by Gasteiger charge is -2.33. The lowest BCUT2D eigenvalue weighted by molar-refractivity contribution is 0.563. The van der Waals surface area contributed by atoms with Crippen LogP contribution in [0, 0.1) is 11.3 Å². The molecule has 0 aliphatic carbocycles. The second-order valence-electron chi connectivity index (χ2n) is 4.33. The van der Waals surface area contributed by atoms with E-state index in [1.807, 2.05) is 17.0 Å². The molecular formula is C12H15N3O2S. The average molecular weight is 265 g/mol. The van der Waals surface area contributed by atoms with Crippen LogP contribution in [0.1, 0.15) is 5.56 Å². The highest BCUT2D eigenvalue weighted by molar-refractivity contribution is 7.92. The molecule has 2 N–H and O–H groups in total. The average Bonchev–Trinajstić information content (AvgIpc) is 2.39. The van der Waals surface area contributed by atoms with Gasteiger partial charge in [0.1, 0.15) is 0 Å². The SMILES string of the molecule is N#Cc1ccc(N2CCS(=O)(=O)C(CN)C2)cc1. The topological polar surface area (TPSA) is 87.2 Å². The summed E-state index contributed by atoms with van der Waals surface area (Å²) in [6.07, 6.45) is 0. The minimum absolute atomic E-state index is 0.134. The summed E-state index contributed by atoms with van der Waals surface area (Å²) in [7, 11) is -3.05. The first-order chi connectivity index (χ1) is 8.56. The first-order valence-corrected chi connectivity index (χ1v) is 7.45. The summed E-state index contributed by atoms with van der Waals surface area (Å²) in [4.78, 5) is 2.00. The molecule has 1 fully saturated rings. The van der Waals surface area contributed by atoms with Gasteiger partial charge in [0.2, 0.25) is 0 Å². The van der Waals surface area contributed by atoms with E-state index in [1.54, 1.807) is 12.1 Å². The Labute approximate surface area is 107 Å². The fraction of sp³-hybridized carbons (Fsp3) is 0.417. The van der Waals surface area contributed by atoms with Crippen molar-refractivity contribution in [2.45, 2.75) is 5.25 Å². The molecule has 1 aromatic carbocycles. The van der Waals surface area contributed by atoms with Crippen molar-refractivity contribution in [1.29, 1.82) is 5.26 Å². The first kappa shape index (κ1) is 12.9. The molecule has 1 aliphatic rings. The van der Waals surface area contributed by atoms with E-state index >= 15 is 0 Å². The quantitative estimate of drug-likeness (QED) is 0.820. The van der Waals surface area contributed by atoms with Crippen LogP contribution < -0.4 is 10.6 Å². The molecular weight excluding hydrogens is 250 g/mol. The number of nitrogens with zero attached hydrogens (tertiary/aromatic N) is 2. The summed E-state index contributed by atoms with van der Waals surface area (Å²) in [5.74, 6) is 0.134. The Morgan fingerprint density at radius 1 is 1.39 bits per heavy atom. The van der Waals surface area contributed by atoms with E-state index in [4.69, 9.17) is 11.0 Å². The van der Waals surface area contributed by atoms with E-state index < -0.39 is 15.1 Å². The molecule has 2 rings (SSSR count). The lowest BCUT2D eigenvalue weighted by Crippen LogP contribution is -2.50. The standard InChI is InChI=1S/C12H15N3O2S/c13-7-10-1-3-11(4-2-10)15-5-6-18(16,17)12(8-14)9-15/h1-4,12H,5-6,8-9,14H2. The predicted molar refractivity (Wildman–Crippen MR) is 70.0 cm³/mol. The zero-order valence-corrected chi connectivity index (χ0v) is 10.7. The molecule has 0 bridgehead atoms. The van der Waals surface area contributed by atoms with Crippen LogP contribution in [0.25, 0.3) is 0 Å². The smallest absolute Gasteiger partial charge is 0.157 e. The molecule has 6 heteroatoms. The van der Waals surface area contributed by atoms with Crippen LogP contribution >= 0.6 is 0 Å². The van der Waals surface area contributed by atoms with Gasteiger partial charge in [-0.3, -0.25) is 0 Å². The van der Waals surface area contributed by atoms with Crippen LogP contribution in [0.2, 0.25) is 0 Å². The highest BCUT2D eigenvalue weighted by atomic mass is 32.2. The highest BCUT2D eigenvalue weighted by Gasteiger charge is 2.31. The Hall–Kier alpha value is -1.58. The molecule has 1 aromatic rings. The van der Waals surface area contributed by atoms with E-state index in [-0.39, 0.29) is 12.3 Å². The molecule has 1 aliphatic heterocycles. The molecule has 96 valence electrons. The van der Waals surface area contributed by atoms with Crippen molar-refractivity contribution in [2.24, 2.45) is 5.73 Å².